The predicted molar refractivity (Wildman–Crippen MR) is 66.2 cm³/mol. The monoisotopic (exact) mass is 231 g/mol. The van der Waals surface area contributed by atoms with E-state index in [1.165, 1.54) is 5.56 Å². The number of carbonyl (C=O) groups is 1. The molecule has 1 rings (SSSR count). The molecule has 1 aromatic carbocycles. The maximum Gasteiger partial charge on any atom is 0.234 e. The van der Waals surface area contributed by atoms with Crippen LogP contribution in [-0.4, -0.2) is 19.0 Å². The van der Waals surface area contributed by atoms with Crippen molar-refractivity contribution in [3.63, 3.8) is 0 Å². The molecule has 0 saturated heterocycles. The molecule has 0 heterocycles. The largest absolute Gasteiger partial charge is 0.342 e. The van der Waals surface area contributed by atoms with Crippen LogP contribution in [-0.2, 0) is 4.79 Å². The van der Waals surface area contributed by atoms with Crippen LogP contribution < -0.4 is 10.6 Å². The number of benzene rings is 1. The van der Waals surface area contributed by atoms with E-state index in [4.69, 9.17) is 5.26 Å². The van der Waals surface area contributed by atoms with Crippen LogP contribution in [0, 0.1) is 18.3 Å². The van der Waals surface area contributed by atoms with E-state index in [1.54, 1.807) is 0 Å². The predicted octanol–water partition coefficient (Wildman–Crippen LogP) is 1.29. The highest BCUT2D eigenvalue weighted by Gasteiger charge is 2.06. The van der Waals surface area contributed by atoms with Crippen LogP contribution in [0.4, 0.5) is 0 Å². The maximum atomic E-state index is 11.3. The zero-order valence-electron chi connectivity index (χ0n) is 10.2. The number of amides is 1. The van der Waals surface area contributed by atoms with Gasteiger partial charge in [-0.1, -0.05) is 29.8 Å². The summed E-state index contributed by atoms with van der Waals surface area (Å²) in [5.74, 6) is -0.162. The molecule has 1 atom stereocenters. The standard InChI is InChI=1S/C13H17N3O/c1-10-3-5-12(6-4-10)11(2)16-9-13(17)15-8-7-14/h3-6,11,16H,8-9H2,1-2H3,(H,15,17)/t11-/m1/s1. The Balaban J connectivity index is 2.39. The third kappa shape index (κ3) is 4.66. The molecule has 0 bridgehead atoms. The molecule has 0 fully saturated rings. The van der Waals surface area contributed by atoms with Gasteiger partial charge in [0.15, 0.2) is 0 Å². The molecule has 1 amide bonds. The first-order chi connectivity index (χ1) is 8.13. The van der Waals surface area contributed by atoms with Crippen LogP contribution in [0.1, 0.15) is 24.1 Å². The van der Waals surface area contributed by atoms with E-state index < -0.39 is 0 Å². The van der Waals surface area contributed by atoms with Crippen molar-refractivity contribution in [3.8, 4) is 6.07 Å². The Morgan fingerprint density at radius 2 is 2.06 bits per heavy atom. The van der Waals surface area contributed by atoms with Crippen LogP contribution in [0.25, 0.3) is 0 Å². The lowest BCUT2D eigenvalue weighted by atomic mass is 10.1. The summed E-state index contributed by atoms with van der Waals surface area (Å²) < 4.78 is 0. The lowest BCUT2D eigenvalue weighted by molar-refractivity contribution is -0.120. The summed E-state index contributed by atoms with van der Waals surface area (Å²) in [6, 6.07) is 10.2. The summed E-state index contributed by atoms with van der Waals surface area (Å²) in [6.07, 6.45) is 0. The van der Waals surface area contributed by atoms with Gasteiger partial charge >= 0.3 is 0 Å². The molecule has 17 heavy (non-hydrogen) atoms. The van der Waals surface area contributed by atoms with Gasteiger partial charge in [-0.3, -0.25) is 4.79 Å². The summed E-state index contributed by atoms with van der Waals surface area (Å²) in [4.78, 5) is 11.3. The van der Waals surface area contributed by atoms with Crippen LogP contribution in [0.15, 0.2) is 24.3 Å². The lowest BCUT2D eigenvalue weighted by Crippen LogP contribution is -2.35. The fourth-order valence-electron chi connectivity index (χ4n) is 1.42. The Morgan fingerprint density at radius 3 is 2.65 bits per heavy atom. The van der Waals surface area contributed by atoms with Gasteiger partial charge in [0, 0.05) is 6.04 Å². The summed E-state index contributed by atoms with van der Waals surface area (Å²) in [6.45, 7) is 4.32. The van der Waals surface area contributed by atoms with Crippen LogP contribution in [0.5, 0.6) is 0 Å². The number of hydrogen-bond acceptors (Lipinski definition) is 3. The zero-order valence-corrected chi connectivity index (χ0v) is 10.2. The van der Waals surface area contributed by atoms with E-state index >= 15 is 0 Å². The number of nitriles is 1. The van der Waals surface area contributed by atoms with Gasteiger partial charge in [0.1, 0.15) is 6.54 Å². The Bertz CT molecular complexity index is 406. The molecule has 0 aliphatic carbocycles. The molecule has 0 radical (unpaired) electrons. The second kappa shape index (κ2) is 6.66. The number of aryl methyl sites for hydroxylation is 1. The minimum absolute atomic E-state index is 0.0550. The van der Waals surface area contributed by atoms with Gasteiger partial charge in [-0.25, -0.2) is 0 Å². The number of hydrogen-bond donors (Lipinski definition) is 2. The topological polar surface area (TPSA) is 64.9 Å². The number of nitrogens with zero attached hydrogens (tertiary/aromatic N) is 1. The van der Waals surface area contributed by atoms with Gasteiger partial charge in [-0.2, -0.15) is 5.26 Å². The summed E-state index contributed by atoms with van der Waals surface area (Å²) in [7, 11) is 0. The van der Waals surface area contributed by atoms with Crippen molar-refractivity contribution in [1.82, 2.24) is 10.6 Å². The molecular formula is C13H17N3O. The fourth-order valence-corrected chi connectivity index (χ4v) is 1.42. The van der Waals surface area contributed by atoms with E-state index in [9.17, 15) is 4.79 Å². The Morgan fingerprint density at radius 1 is 1.41 bits per heavy atom. The smallest absolute Gasteiger partial charge is 0.234 e. The van der Waals surface area contributed by atoms with Crippen molar-refractivity contribution < 1.29 is 4.79 Å². The average molecular weight is 231 g/mol. The third-order valence-corrected chi connectivity index (χ3v) is 2.51. The van der Waals surface area contributed by atoms with Crippen molar-refractivity contribution in [3.05, 3.63) is 35.4 Å². The average Bonchev–Trinajstić information content (AvgIpc) is 2.34. The van der Waals surface area contributed by atoms with Gasteiger partial charge in [-0.15, -0.1) is 0 Å². The van der Waals surface area contributed by atoms with Crippen LogP contribution in [0.2, 0.25) is 0 Å². The maximum absolute atomic E-state index is 11.3. The molecule has 0 saturated carbocycles. The molecule has 0 spiro atoms. The van der Waals surface area contributed by atoms with E-state index in [-0.39, 0.29) is 25.0 Å². The van der Waals surface area contributed by atoms with Gasteiger partial charge < -0.3 is 10.6 Å². The first kappa shape index (κ1) is 13.2. The number of rotatable bonds is 5. The Hall–Kier alpha value is -1.86. The first-order valence-electron chi connectivity index (χ1n) is 5.57. The highest BCUT2D eigenvalue weighted by molar-refractivity contribution is 5.78. The van der Waals surface area contributed by atoms with Crippen molar-refractivity contribution in [1.29, 1.82) is 5.26 Å². The van der Waals surface area contributed by atoms with Crippen molar-refractivity contribution >= 4 is 5.91 Å². The molecule has 0 aromatic heterocycles. The van der Waals surface area contributed by atoms with Crippen molar-refractivity contribution in [2.24, 2.45) is 0 Å². The molecule has 2 N–H and O–H groups in total. The van der Waals surface area contributed by atoms with Gasteiger partial charge in [0.2, 0.25) is 5.91 Å². The molecule has 0 aliphatic rings. The van der Waals surface area contributed by atoms with Crippen LogP contribution in [0.3, 0.4) is 0 Å². The van der Waals surface area contributed by atoms with Gasteiger partial charge in [-0.05, 0) is 19.4 Å². The first-order valence-corrected chi connectivity index (χ1v) is 5.57. The summed E-state index contributed by atoms with van der Waals surface area (Å²) >= 11 is 0. The molecule has 90 valence electrons. The third-order valence-electron chi connectivity index (χ3n) is 2.51. The SMILES string of the molecule is Cc1ccc([C@@H](C)NCC(=O)NCC#N)cc1. The molecule has 1 aromatic rings. The second-order valence-corrected chi connectivity index (χ2v) is 3.95. The number of nitrogens with one attached hydrogen (secondary N) is 2. The van der Waals surface area contributed by atoms with Gasteiger partial charge in [0.25, 0.3) is 0 Å². The fraction of sp³-hybridized carbons (Fsp3) is 0.385. The Labute approximate surface area is 102 Å². The van der Waals surface area contributed by atoms with E-state index in [2.05, 4.69) is 10.6 Å². The highest BCUT2D eigenvalue weighted by Crippen LogP contribution is 2.12. The summed E-state index contributed by atoms with van der Waals surface area (Å²) in [5, 5.41) is 13.9. The van der Waals surface area contributed by atoms with Crippen LogP contribution >= 0.6 is 0 Å². The normalized spacial score (nSPS) is 11.6. The second-order valence-electron chi connectivity index (χ2n) is 3.95. The zero-order chi connectivity index (χ0) is 12.7. The molecule has 4 heteroatoms. The molecule has 0 unspecified atom stereocenters. The lowest BCUT2D eigenvalue weighted by Gasteiger charge is -2.13. The minimum atomic E-state index is -0.162. The Kier molecular flexibility index (Phi) is 5.18. The molecular weight excluding hydrogens is 214 g/mol. The molecule has 4 nitrogen and oxygen atoms in total. The van der Waals surface area contributed by atoms with Crippen molar-refractivity contribution in [2.45, 2.75) is 19.9 Å². The quantitative estimate of drug-likeness (QED) is 0.750. The van der Waals surface area contributed by atoms with E-state index in [0.717, 1.165) is 5.56 Å². The molecule has 0 aliphatic heterocycles. The van der Waals surface area contributed by atoms with E-state index in [0.29, 0.717) is 0 Å². The van der Waals surface area contributed by atoms with Gasteiger partial charge in [0.05, 0.1) is 12.6 Å². The van der Waals surface area contributed by atoms with E-state index in [1.807, 2.05) is 44.2 Å². The van der Waals surface area contributed by atoms with Crippen molar-refractivity contribution in [2.75, 3.05) is 13.1 Å². The summed E-state index contributed by atoms with van der Waals surface area (Å²) in [5.41, 5.74) is 2.36. The number of carbonyl (C=O) groups excluding carboxylic acids is 1. The minimum Gasteiger partial charge on any atom is -0.342 e. The highest BCUT2D eigenvalue weighted by atomic mass is 16.1.